The molecule has 1 aromatic rings. The largest absolute Gasteiger partial charge is 0.365 e. The predicted octanol–water partition coefficient (Wildman–Crippen LogP) is 0.583. The molecule has 2 heterocycles. The Morgan fingerprint density at radius 3 is 2.73 bits per heavy atom. The summed E-state index contributed by atoms with van der Waals surface area (Å²) in [5.74, 6) is 0.700. The number of hydrogen-bond donors (Lipinski definition) is 3. The molecule has 0 atom stereocenters. The molecule has 0 radical (unpaired) electrons. The highest BCUT2D eigenvalue weighted by Gasteiger charge is 2.20. The van der Waals surface area contributed by atoms with Crippen LogP contribution in [0.25, 0.3) is 0 Å². The zero-order valence-corrected chi connectivity index (χ0v) is 9.27. The summed E-state index contributed by atoms with van der Waals surface area (Å²) in [6.07, 6.45) is 0. The van der Waals surface area contributed by atoms with Crippen molar-refractivity contribution in [3.63, 3.8) is 0 Å². The van der Waals surface area contributed by atoms with Gasteiger partial charge in [-0.1, -0.05) is 0 Å². The molecule has 0 unspecified atom stereocenters. The van der Waals surface area contributed by atoms with Crippen LogP contribution in [0.15, 0.2) is 4.79 Å². The highest BCUT2D eigenvalue weighted by atomic mass is 16.1. The molecule has 82 valence electrons. The van der Waals surface area contributed by atoms with Crippen molar-refractivity contribution in [2.45, 2.75) is 39.4 Å². The second-order valence-electron chi connectivity index (χ2n) is 4.83. The minimum Gasteiger partial charge on any atom is -0.365 e. The fraction of sp³-hybridized carbons (Fsp3) is 0.600. The third-order valence-corrected chi connectivity index (χ3v) is 2.22. The number of aromatic amines is 1. The van der Waals surface area contributed by atoms with Gasteiger partial charge in [-0.2, -0.15) is 4.98 Å². The lowest BCUT2D eigenvalue weighted by molar-refractivity contribution is 0.627. The van der Waals surface area contributed by atoms with Gasteiger partial charge in [-0.25, -0.2) is 4.79 Å². The van der Waals surface area contributed by atoms with E-state index >= 15 is 0 Å². The third kappa shape index (κ3) is 2.18. The third-order valence-electron chi connectivity index (χ3n) is 2.22. The number of H-pyrrole nitrogens is 1. The minimum atomic E-state index is -0.288. The van der Waals surface area contributed by atoms with Gasteiger partial charge in [-0.15, -0.1) is 0 Å². The van der Waals surface area contributed by atoms with Gasteiger partial charge >= 0.3 is 5.69 Å². The zero-order chi connectivity index (χ0) is 11.1. The van der Waals surface area contributed by atoms with Crippen molar-refractivity contribution >= 4 is 5.82 Å². The minimum absolute atomic E-state index is 0.0862. The molecule has 0 saturated carbocycles. The second-order valence-corrected chi connectivity index (χ2v) is 4.83. The van der Waals surface area contributed by atoms with Gasteiger partial charge < -0.3 is 15.6 Å². The Balaban J connectivity index is 2.43. The van der Waals surface area contributed by atoms with Crippen molar-refractivity contribution in [2.75, 3.05) is 5.32 Å². The van der Waals surface area contributed by atoms with E-state index < -0.39 is 0 Å². The maximum atomic E-state index is 11.3. The van der Waals surface area contributed by atoms with Crippen LogP contribution in [-0.2, 0) is 13.1 Å². The standard InChI is InChI=1S/C10H16N4O/c1-10(2,3)14-8-6-4-11-5-7(6)12-9(15)13-8/h11H,4-5H2,1-3H3,(H2,12,13,14,15). The Labute approximate surface area is 88.3 Å². The van der Waals surface area contributed by atoms with E-state index in [-0.39, 0.29) is 11.2 Å². The van der Waals surface area contributed by atoms with Gasteiger partial charge in [-0.3, -0.25) is 0 Å². The van der Waals surface area contributed by atoms with Gasteiger partial charge in [0.1, 0.15) is 5.82 Å². The summed E-state index contributed by atoms with van der Waals surface area (Å²) >= 11 is 0. The number of hydrogen-bond acceptors (Lipinski definition) is 4. The highest BCUT2D eigenvalue weighted by Crippen LogP contribution is 2.21. The maximum absolute atomic E-state index is 11.3. The van der Waals surface area contributed by atoms with Gasteiger partial charge in [0.15, 0.2) is 0 Å². The van der Waals surface area contributed by atoms with Crippen LogP contribution in [0.2, 0.25) is 0 Å². The van der Waals surface area contributed by atoms with Gasteiger partial charge in [0.25, 0.3) is 0 Å². The Morgan fingerprint density at radius 1 is 1.33 bits per heavy atom. The molecule has 1 aliphatic heterocycles. The van der Waals surface area contributed by atoms with Crippen LogP contribution < -0.4 is 16.3 Å². The molecule has 0 aromatic carbocycles. The molecule has 5 nitrogen and oxygen atoms in total. The van der Waals surface area contributed by atoms with E-state index in [1.165, 1.54) is 0 Å². The average Bonchev–Trinajstić information content (AvgIpc) is 2.48. The molecule has 0 aliphatic carbocycles. The summed E-state index contributed by atoms with van der Waals surface area (Å²) < 4.78 is 0. The molecule has 0 saturated heterocycles. The summed E-state index contributed by atoms with van der Waals surface area (Å²) in [4.78, 5) is 18.0. The van der Waals surface area contributed by atoms with Gasteiger partial charge in [0.2, 0.25) is 0 Å². The monoisotopic (exact) mass is 208 g/mol. The van der Waals surface area contributed by atoms with Crippen LogP contribution in [-0.4, -0.2) is 15.5 Å². The molecule has 1 aliphatic rings. The van der Waals surface area contributed by atoms with Crippen LogP contribution in [0.5, 0.6) is 0 Å². The van der Waals surface area contributed by atoms with E-state index in [1.807, 2.05) is 20.8 Å². The predicted molar refractivity (Wildman–Crippen MR) is 58.8 cm³/mol. The fourth-order valence-electron chi connectivity index (χ4n) is 1.66. The van der Waals surface area contributed by atoms with E-state index in [0.717, 1.165) is 17.8 Å². The molecular formula is C10H16N4O. The first kappa shape index (κ1) is 10.2. The lowest BCUT2D eigenvalue weighted by Gasteiger charge is -2.22. The van der Waals surface area contributed by atoms with E-state index in [9.17, 15) is 4.79 Å². The topological polar surface area (TPSA) is 69.8 Å². The van der Waals surface area contributed by atoms with Crippen molar-refractivity contribution < 1.29 is 0 Å². The molecule has 15 heavy (non-hydrogen) atoms. The van der Waals surface area contributed by atoms with Crippen molar-refractivity contribution in [1.29, 1.82) is 0 Å². The van der Waals surface area contributed by atoms with Gasteiger partial charge in [-0.05, 0) is 20.8 Å². The van der Waals surface area contributed by atoms with Crippen LogP contribution >= 0.6 is 0 Å². The number of rotatable bonds is 1. The first-order chi connectivity index (χ1) is 6.96. The number of nitrogens with one attached hydrogen (secondary N) is 3. The van der Waals surface area contributed by atoms with E-state index in [1.54, 1.807) is 0 Å². The van der Waals surface area contributed by atoms with Crippen LogP contribution in [0.3, 0.4) is 0 Å². The van der Waals surface area contributed by atoms with Crippen molar-refractivity contribution in [1.82, 2.24) is 15.3 Å². The van der Waals surface area contributed by atoms with Gasteiger partial charge in [0, 0.05) is 29.9 Å². The highest BCUT2D eigenvalue weighted by molar-refractivity contribution is 5.48. The quantitative estimate of drug-likeness (QED) is 0.631. The van der Waals surface area contributed by atoms with E-state index in [0.29, 0.717) is 12.4 Å². The van der Waals surface area contributed by atoms with Crippen LogP contribution in [0.4, 0.5) is 5.82 Å². The SMILES string of the molecule is CC(C)(C)Nc1nc(=O)[nH]c2c1CNC2. The lowest BCUT2D eigenvalue weighted by atomic mass is 10.1. The van der Waals surface area contributed by atoms with Crippen molar-refractivity contribution in [3.8, 4) is 0 Å². The summed E-state index contributed by atoms with van der Waals surface area (Å²) in [5.41, 5.74) is 1.65. The molecule has 0 fully saturated rings. The number of fused-ring (bicyclic) bond motifs is 1. The molecule has 0 spiro atoms. The Morgan fingerprint density at radius 2 is 2.07 bits per heavy atom. The molecule has 2 rings (SSSR count). The number of aromatic nitrogens is 2. The van der Waals surface area contributed by atoms with E-state index in [2.05, 4.69) is 20.6 Å². The normalized spacial score (nSPS) is 15.1. The molecule has 5 heteroatoms. The summed E-state index contributed by atoms with van der Waals surface area (Å²) in [5, 5.41) is 6.44. The Kier molecular flexibility index (Phi) is 2.26. The summed E-state index contributed by atoms with van der Waals surface area (Å²) in [6.45, 7) is 7.61. The first-order valence-corrected chi connectivity index (χ1v) is 5.07. The Hall–Kier alpha value is -1.36. The lowest BCUT2D eigenvalue weighted by Crippen LogP contribution is -2.29. The van der Waals surface area contributed by atoms with Crippen molar-refractivity contribution in [2.24, 2.45) is 0 Å². The second kappa shape index (κ2) is 3.34. The Bertz CT molecular complexity index is 430. The van der Waals surface area contributed by atoms with Crippen LogP contribution in [0.1, 0.15) is 32.0 Å². The van der Waals surface area contributed by atoms with Gasteiger partial charge in [0.05, 0.1) is 0 Å². The summed E-state index contributed by atoms with van der Waals surface area (Å²) in [7, 11) is 0. The van der Waals surface area contributed by atoms with Crippen molar-refractivity contribution in [3.05, 3.63) is 21.7 Å². The summed E-state index contributed by atoms with van der Waals surface area (Å²) in [6, 6.07) is 0. The molecule has 1 aromatic heterocycles. The maximum Gasteiger partial charge on any atom is 0.347 e. The smallest absolute Gasteiger partial charge is 0.347 e. The molecule has 0 amide bonds. The number of anilines is 1. The fourth-order valence-corrected chi connectivity index (χ4v) is 1.66. The van der Waals surface area contributed by atoms with E-state index in [4.69, 9.17) is 0 Å². The first-order valence-electron chi connectivity index (χ1n) is 5.07. The van der Waals surface area contributed by atoms with Crippen LogP contribution in [0, 0.1) is 0 Å². The average molecular weight is 208 g/mol. The molecule has 3 N–H and O–H groups in total. The zero-order valence-electron chi connectivity index (χ0n) is 9.27. The molecular weight excluding hydrogens is 192 g/mol. The number of nitrogens with zero attached hydrogens (tertiary/aromatic N) is 1. The molecule has 0 bridgehead atoms.